The largest absolute Gasteiger partial charge is 0.490 e. The second-order valence-electron chi connectivity index (χ2n) is 8.31. The van der Waals surface area contributed by atoms with Crippen LogP contribution in [-0.4, -0.2) is 51.7 Å². The minimum atomic E-state index is -3.13. The van der Waals surface area contributed by atoms with E-state index in [0.717, 1.165) is 37.1 Å². The Morgan fingerprint density at radius 1 is 1.15 bits per heavy atom. The van der Waals surface area contributed by atoms with Gasteiger partial charge in [-0.3, -0.25) is 4.57 Å². The van der Waals surface area contributed by atoms with E-state index in [2.05, 4.69) is 19.9 Å². The number of halogens is 2. The number of fused-ring (bicyclic) bond motifs is 1. The normalized spacial score (nSPS) is 11.9. The maximum Gasteiger partial charge on any atom is 0.421 e. The van der Waals surface area contributed by atoms with Crippen molar-refractivity contribution in [2.45, 2.75) is 25.8 Å². The summed E-state index contributed by atoms with van der Waals surface area (Å²) in [6.07, 6.45) is 4.13. The topological polar surface area (TPSA) is 86.3 Å². The molecule has 0 N–H and O–H groups in total. The van der Waals surface area contributed by atoms with Gasteiger partial charge in [0.2, 0.25) is 0 Å². The zero-order valence-corrected chi connectivity index (χ0v) is 19.2. The van der Waals surface area contributed by atoms with Crippen molar-refractivity contribution in [1.82, 2.24) is 24.4 Å². The van der Waals surface area contributed by atoms with Gasteiger partial charge in [-0.25, -0.2) is 19.7 Å². The molecule has 3 aromatic heterocycles. The summed E-state index contributed by atoms with van der Waals surface area (Å²) in [5, 5.41) is 0. The predicted octanol–water partition coefficient (Wildman–Crippen LogP) is 3.94. The fourth-order valence-corrected chi connectivity index (χ4v) is 3.43. The van der Waals surface area contributed by atoms with E-state index in [9.17, 15) is 13.6 Å². The molecule has 0 saturated carbocycles. The van der Waals surface area contributed by atoms with Gasteiger partial charge in [-0.2, -0.15) is 8.78 Å². The smallest absolute Gasteiger partial charge is 0.421 e. The molecule has 1 aromatic carbocycles. The first-order valence-corrected chi connectivity index (χ1v) is 10.8. The molecule has 8 nitrogen and oxygen atoms in total. The highest BCUT2D eigenvalue weighted by Crippen LogP contribution is 2.27. The van der Waals surface area contributed by atoms with Crippen molar-refractivity contribution in [3.8, 4) is 17.1 Å². The van der Waals surface area contributed by atoms with E-state index >= 15 is 0 Å². The molecule has 4 aromatic rings. The molecule has 34 heavy (non-hydrogen) atoms. The summed E-state index contributed by atoms with van der Waals surface area (Å²) in [6.45, 7) is 2.35. The molecule has 3 heterocycles. The van der Waals surface area contributed by atoms with E-state index in [4.69, 9.17) is 9.15 Å². The third kappa shape index (κ3) is 5.45. The van der Waals surface area contributed by atoms with E-state index in [1.54, 1.807) is 12.4 Å². The maximum atomic E-state index is 13.7. The van der Waals surface area contributed by atoms with E-state index < -0.39 is 17.4 Å². The summed E-state index contributed by atoms with van der Waals surface area (Å²) in [5.74, 6) is -2.72. The predicted molar refractivity (Wildman–Crippen MR) is 123 cm³/mol. The van der Waals surface area contributed by atoms with Crippen LogP contribution in [0.1, 0.15) is 24.6 Å². The summed E-state index contributed by atoms with van der Waals surface area (Å²) in [6, 6.07) is 9.79. The fourth-order valence-electron chi connectivity index (χ4n) is 3.43. The maximum absolute atomic E-state index is 13.7. The van der Waals surface area contributed by atoms with Crippen LogP contribution in [0.3, 0.4) is 0 Å². The Morgan fingerprint density at radius 3 is 2.62 bits per heavy atom. The van der Waals surface area contributed by atoms with Gasteiger partial charge < -0.3 is 14.1 Å². The average Bonchev–Trinajstić information content (AvgIpc) is 3.11. The lowest BCUT2D eigenvalue weighted by molar-refractivity contribution is 0.0130. The number of hydrogen-bond donors (Lipinski definition) is 0. The molecule has 0 unspecified atom stereocenters. The highest BCUT2D eigenvalue weighted by Gasteiger charge is 2.27. The van der Waals surface area contributed by atoms with Gasteiger partial charge >= 0.3 is 5.76 Å². The molecule has 0 saturated heterocycles. The monoisotopic (exact) mass is 469 g/mol. The zero-order chi connectivity index (χ0) is 24.3. The van der Waals surface area contributed by atoms with Crippen LogP contribution in [0.25, 0.3) is 22.6 Å². The van der Waals surface area contributed by atoms with Gasteiger partial charge in [0, 0.05) is 19.0 Å². The van der Waals surface area contributed by atoms with Crippen LogP contribution in [0.5, 0.6) is 5.75 Å². The summed E-state index contributed by atoms with van der Waals surface area (Å²) in [4.78, 5) is 27.2. The number of aromatic nitrogens is 4. The number of hydrogen-bond acceptors (Lipinski definition) is 7. The Bertz CT molecular complexity index is 1330. The van der Waals surface area contributed by atoms with E-state index in [1.807, 2.05) is 38.4 Å². The lowest BCUT2D eigenvalue weighted by atomic mass is 10.1. The molecule has 0 aliphatic rings. The minimum Gasteiger partial charge on any atom is -0.490 e. The van der Waals surface area contributed by atoms with E-state index in [-0.39, 0.29) is 17.8 Å². The van der Waals surface area contributed by atoms with Gasteiger partial charge in [-0.15, -0.1) is 0 Å². The highest BCUT2D eigenvalue weighted by atomic mass is 19.3. The number of alkyl halides is 2. The molecule has 0 amide bonds. The Balaban J connectivity index is 1.53. The Kier molecular flexibility index (Phi) is 6.69. The highest BCUT2D eigenvalue weighted by molar-refractivity contribution is 5.68. The molecular formula is C24H25F2N5O3. The zero-order valence-electron chi connectivity index (χ0n) is 19.2. The first-order chi connectivity index (χ1) is 16.2. The van der Waals surface area contributed by atoms with E-state index in [0.29, 0.717) is 18.2 Å². The first-order valence-electron chi connectivity index (χ1n) is 10.8. The van der Waals surface area contributed by atoms with Crippen LogP contribution in [0.2, 0.25) is 0 Å². The van der Waals surface area contributed by atoms with Crippen molar-refractivity contribution in [3.63, 3.8) is 0 Å². The molecular weight excluding hydrogens is 444 g/mol. The minimum absolute atomic E-state index is 0.0708. The first kappa shape index (κ1) is 23.5. The van der Waals surface area contributed by atoms with Gasteiger partial charge in [0.25, 0.3) is 5.92 Å². The van der Waals surface area contributed by atoms with Crippen molar-refractivity contribution >= 4 is 11.2 Å². The third-order valence-electron chi connectivity index (χ3n) is 5.13. The lowest BCUT2D eigenvalue weighted by Crippen LogP contribution is -2.17. The number of pyridine rings is 1. The van der Waals surface area contributed by atoms with Crippen LogP contribution in [0.4, 0.5) is 8.78 Å². The number of ether oxygens (including phenoxy) is 1. The quantitative estimate of drug-likeness (QED) is 0.343. The van der Waals surface area contributed by atoms with Crippen LogP contribution >= 0.6 is 0 Å². The van der Waals surface area contributed by atoms with Gasteiger partial charge in [0.05, 0.1) is 25.5 Å². The third-order valence-corrected chi connectivity index (χ3v) is 5.13. The van der Waals surface area contributed by atoms with Gasteiger partial charge in [0.1, 0.15) is 5.69 Å². The van der Waals surface area contributed by atoms with E-state index in [1.165, 1.54) is 10.6 Å². The summed E-state index contributed by atoms with van der Waals surface area (Å²) >= 11 is 0. The van der Waals surface area contributed by atoms with Gasteiger partial charge in [-0.05, 0) is 44.3 Å². The SMILES string of the molecule is CN(C)CCCOc1cnc(-c2cccc(Cn3c(=O)oc4ccc(C(C)(F)F)nc43)c2)nc1. The number of rotatable bonds is 9. The van der Waals surface area contributed by atoms with Crippen molar-refractivity contribution in [2.75, 3.05) is 27.2 Å². The average molecular weight is 469 g/mol. The summed E-state index contributed by atoms with van der Waals surface area (Å²) in [5.41, 5.74) is 1.28. The molecule has 0 aliphatic heterocycles. The Hall–Kier alpha value is -3.66. The Labute approximate surface area is 194 Å². The standard InChI is InChI=1S/C24H25F2N5O3/c1-24(25,26)20-9-8-19-22(29-20)31(23(32)34-19)15-16-6-4-7-17(12-16)21-27-13-18(14-28-21)33-11-5-10-30(2)3/h4,6-9,12-14H,5,10-11,15H2,1-3H3. The molecule has 178 valence electrons. The van der Waals surface area contributed by atoms with Crippen molar-refractivity contribution in [1.29, 1.82) is 0 Å². The number of nitrogens with zero attached hydrogens (tertiary/aromatic N) is 5. The van der Waals surface area contributed by atoms with Gasteiger partial charge in [0.15, 0.2) is 22.8 Å². The molecule has 0 spiro atoms. The molecule has 0 aliphatic carbocycles. The van der Waals surface area contributed by atoms with Crippen LogP contribution in [0, 0.1) is 0 Å². The molecule has 0 bridgehead atoms. The Morgan fingerprint density at radius 2 is 1.91 bits per heavy atom. The van der Waals surface area contributed by atoms with Gasteiger partial charge in [-0.1, -0.05) is 18.2 Å². The van der Waals surface area contributed by atoms with Crippen LogP contribution in [0.15, 0.2) is 58.0 Å². The molecule has 10 heteroatoms. The molecule has 0 fully saturated rings. The second-order valence-corrected chi connectivity index (χ2v) is 8.31. The fraction of sp³-hybridized carbons (Fsp3) is 0.333. The lowest BCUT2D eigenvalue weighted by Gasteiger charge is -2.10. The van der Waals surface area contributed by atoms with Crippen molar-refractivity contribution < 1.29 is 17.9 Å². The van der Waals surface area contributed by atoms with Crippen molar-refractivity contribution in [2.24, 2.45) is 0 Å². The van der Waals surface area contributed by atoms with Crippen LogP contribution in [-0.2, 0) is 12.5 Å². The van der Waals surface area contributed by atoms with Crippen molar-refractivity contribution in [3.05, 3.63) is 70.6 Å². The second kappa shape index (κ2) is 9.68. The van der Waals surface area contributed by atoms with Crippen LogP contribution < -0.4 is 10.5 Å². The summed E-state index contributed by atoms with van der Waals surface area (Å²) < 4.78 is 39.5. The number of oxazole rings is 1. The molecule has 0 atom stereocenters. The summed E-state index contributed by atoms with van der Waals surface area (Å²) in [7, 11) is 4.02. The number of benzene rings is 1. The molecule has 4 rings (SSSR count). The molecule has 0 radical (unpaired) electrons.